The summed E-state index contributed by atoms with van der Waals surface area (Å²) in [6, 6.07) is 16.8. The van der Waals surface area contributed by atoms with Gasteiger partial charge in [-0.2, -0.15) is 0 Å². The molecule has 3 aromatic rings. The van der Waals surface area contributed by atoms with Crippen molar-refractivity contribution in [3.8, 4) is 11.3 Å². The second-order valence-electron chi connectivity index (χ2n) is 6.29. The topological polar surface area (TPSA) is 37.8 Å². The predicted octanol–water partition coefficient (Wildman–Crippen LogP) is 4.49. The van der Waals surface area contributed by atoms with Crippen LogP contribution in [0.25, 0.3) is 22.2 Å². The number of hydrogen-bond donors (Lipinski definition) is 1. The molecule has 1 fully saturated rings. The Hall–Kier alpha value is -1.97. The highest BCUT2D eigenvalue weighted by Crippen LogP contribution is 2.31. The number of para-hydroxylation sites is 1. The Morgan fingerprint density at radius 2 is 1.62 bits per heavy atom. The average molecular weight is 340 g/mol. The molecule has 2 aromatic carbocycles. The van der Waals surface area contributed by atoms with Crippen LogP contribution in [0.15, 0.2) is 48.5 Å². The first kappa shape index (κ1) is 16.9. The SMILES string of the molecule is Cc1ccccc1-c1nc(C2CCNCC2)nc2ccccc12.Cl. The molecule has 0 aliphatic carbocycles. The molecule has 24 heavy (non-hydrogen) atoms. The summed E-state index contributed by atoms with van der Waals surface area (Å²) in [5.74, 6) is 1.46. The molecule has 124 valence electrons. The maximum atomic E-state index is 5.02. The average Bonchev–Trinajstić information content (AvgIpc) is 2.62. The first-order valence-corrected chi connectivity index (χ1v) is 8.36. The van der Waals surface area contributed by atoms with Crippen molar-refractivity contribution in [2.45, 2.75) is 25.7 Å². The molecule has 0 unspecified atom stereocenters. The van der Waals surface area contributed by atoms with Crippen LogP contribution in [-0.2, 0) is 0 Å². The van der Waals surface area contributed by atoms with Crippen molar-refractivity contribution in [1.29, 1.82) is 0 Å². The minimum absolute atomic E-state index is 0. The molecule has 0 bridgehead atoms. The van der Waals surface area contributed by atoms with E-state index in [9.17, 15) is 0 Å². The molecule has 0 atom stereocenters. The highest BCUT2D eigenvalue weighted by Gasteiger charge is 2.20. The van der Waals surface area contributed by atoms with E-state index in [0.717, 1.165) is 48.4 Å². The van der Waals surface area contributed by atoms with Gasteiger partial charge in [-0.15, -0.1) is 12.4 Å². The summed E-state index contributed by atoms with van der Waals surface area (Å²) in [5.41, 5.74) is 4.59. The van der Waals surface area contributed by atoms with Crippen LogP contribution in [0.4, 0.5) is 0 Å². The van der Waals surface area contributed by atoms with Crippen molar-refractivity contribution in [2.24, 2.45) is 0 Å². The number of hydrogen-bond acceptors (Lipinski definition) is 3. The van der Waals surface area contributed by atoms with Crippen LogP contribution in [0.5, 0.6) is 0 Å². The standard InChI is InChI=1S/C20H21N3.ClH/c1-14-6-2-3-7-16(14)19-17-8-4-5-9-18(17)22-20(23-19)15-10-12-21-13-11-15;/h2-9,15,21H,10-13H2,1H3;1H. The van der Waals surface area contributed by atoms with Gasteiger partial charge in [-0.25, -0.2) is 9.97 Å². The largest absolute Gasteiger partial charge is 0.317 e. The van der Waals surface area contributed by atoms with Gasteiger partial charge in [0.05, 0.1) is 11.2 Å². The van der Waals surface area contributed by atoms with E-state index in [4.69, 9.17) is 9.97 Å². The number of halogens is 1. The van der Waals surface area contributed by atoms with Crippen molar-refractivity contribution < 1.29 is 0 Å². The normalized spacial score (nSPS) is 15.2. The van der Waals surface area contributed by atoms with E-state index in [1.165, 1.54) is 11.1 Å². The summed E-state index contributed by atoms with van der Waals surface area (Å²) in [7, 11) is 0. The molecule has 1 aliphatic heterocycles. The Balaban J connectivity index is 0.00000169. The lowest BCUT2D eigenvalue weighted by atomic mass is 9.96. The molecule has 1 aliphatic rings. The van der Waals surface area contributed by atoms with Crippen LogP contribution in [0.3, 0.4) is 0 Å². The summed E-state index contributed by atoms with van der Waals surface area (Å²) in [4.78, 5) is 9.89. The lowest BCUT2D eigenvalue weighted by molar-refractivity contribution is 0.446. The Morgan fingerprint density at radius 1 is 0.917 bits per heavy atom. The van der Waals surface area contributed by atoms with Crippen LogP contribution < -0.4 is 5.32 Å². The molecular weight excluding hydrogens is 318 g/mol. The van der Waals surface area contributed by atoms with E-state index >= 15 is 0 Å². The maximum Gasteiger partial charge on any atom is 0.132 e. The maximum absolute atomic E-state index is 5.02. The molecule has 3 nitrogen and oxygen atoms in total. The van der Waals surface area contributed by atoms with E-state index in [1.807, 2.05) is 0 Å². The fraction of sp³-hybridized carbons (Fsp3) is 0.300. The summed E-state index contributed by atoms with van der Waals surface area (Å²) in [6.07, 6.45) is 2.23. The molecule has 4 rings (SSSR count). The third-order valence-electron chi connectivity index (χ3n) is 4.73. The summed E-state index contributed by atoms with van der Waals surface area (Å²) >= 11 is 0. The molecule has 1 aromatic heterocycles. The fourth-order valence-corrected chi connectivity index (χ4v) is 3.40. The molecule has 0 saturated carbocycles. The minimum atomic E-state index is 0. The van der Waals surface area contributed by atoms with Gasteiger partial charge in [0.2, 0.25) is 0 Å². The molecule has 2 heterocycles. The number of nitrogens with one attached hydrogen (secondary N) is 1. The molecule has 0 radical (unpaired) electrons. The van der Waals surface area contributed by atoms with Crippen molar-refractivity contribution in [1.82, 2.24) is 15.3 Å². The Morgan fingerprint density at radius 3 is 2.42 bits per heavy atom. The van der Waals surface area contributed by atoms with Gasteiger partial charge < -0.3 is 5.32 Å². The first-order chi connectivity index (χ1) is 11.3. The lowest BCUT2D eigenvalue weighted by Crippen LogP contribution is -2.27. The Kier molecular flexibility index (Phi) is 5.12. The zero-order chi connectivity index (χ0) is 15.6. The number of piperidine rings is 1. The van der Waals surface area contributed by atoms with Crippen LogP contribution in [-0.4, -0.2) is 23.1 Å². The van der Waals surface area contributed by atoms with Gasteiger partial charge in [0.25, 0.3) is 0 Å². The molecule has 0 spiro atoms. The quantitative estimate of drug-likeness (QED) is 0.747. The van der Waals surface area contributed by atoms with E-state index < -0.39 is 0 Å². The number of aromatic nitrogens is 2. The van der Waals surface area contributed by atoms with Gasteiger partial charge in [0.1, 0.15) is 5.82 Å². The van der Waals surface area contributed by atoms with Crippen molar-refractivity contribution in [3.63, 3.8) is 0 Å². The molecule has 1 N–H and O–H groups in total. The van der Waals surface area contributed by atoms with Crippen LogP contribution in [0.2, 0.25) is 0 Å². The number of nitrogens with zero attached hydrogens (tertiary/aromatic N) is 2. The third-order valence-corrected chi connectivity index (χ3v) is 4.73. The van der Waals surface area contributed by atoms with Gasteiger partial charge in [-0.3, -0.25) is 0 Å². The zero-order valence-electron chi connectivity index (χ0n) is 13.8. The van der Waals surface area contributed by atoms with E-state index in [-0.39, 0.29) is 12.4 Å². The number of benzene rings is 2. The van der Waals surface area contributed by atoms with Gasteiger partial charge in [-0.05, 0) is 44.5 Å². The lowest BCUT2D eigenvalue weighted by Gasteiger charge is -2.22. The first-order valence-electron chi connectivity index (χ1n) is 8.36. The third kappa shape index (κ3) is 3.14. The second kappa shape index (κ2) is 7.29. The van der Waals surface area contributed by atoms with Gasteiger partial charge in [0.15, 0.2) is 0 Å². The fourth-order valence-electron chi connectivity index (χ4n) is 3.40. The van der Waals surface area contributed by atoms with Gasteiger partial charge in [0, 0.05) is 16.9 Å². The molecular formula is C20H22ClN3. The van der Waals surface area contributed by atoms with Crippen molar-refractivity contribution >= 4 is 23.3 Å². The molecule has 4 heteroatoms. The van der Waals surface area contributed by atoms with E-state index in [0.29, 0.717) is 5.92 Å². The van der Waals surface area contributed by atoms with Gasteiger partial charge in [-0.1, -0.05) is 42.5 Å². The molecule has 1 saturated heterocycles. The van der Waals surface area contributed by atoms with Crippen LogP contribution in [0.1, 0.15) is 30.1 Å². The molecule has 0 amide bonds. The van der Waals surface area contributed by atoms with E-state index in [1.54, 1.807) is 0 Å². The smallest absolute Gasteiger partial charge is 0.132 e. The number of aryl methyl sites for hydroxylation is 1. The summed E-state index contributed by atoms with van der Waals surface area (Å²) in [5, 5.41) is 4.56. The predicted molar refractivity (Wildman–Crippen MR) is 102 cm³/mol. The summed E-state index contributed by atoms with van der Waals surface area (Å²) in [6.45, 7) is 4.26. The van der Waals surface area contributed by atoms with Gasteiger partial charge >= 0.3 is 0 Å². The number of fused-ring (bicyclic) bond motifs is 1. The minimum Gasteiger partial charge on any atom is -0.317 e. The van der Waals surface area contributed by atoms with Crippen molar-refractivity contribution in [2.75, 3.05) is 13.1 Å². The summed E-state index contributed by atoms with van der Waals surface area (Å²) < 4.78 is 0. The number of rotatable bonds is 2. The van der Waals surface area contributed by atoms with Crippen molar-refractivity contribution in [3.05, 3.63) is 59.9 Å². The second-order valence-corrected chi connectivity index (χ2v) is 6.29. The Labute approximate surface area is 148 Å². The highest BCUT2D eigenvalue weighted by atomic mass is 35.5. The van der Waals surface area contributed by atoms with Crippen LogP contribution in [0, 0.1) is 6.92 Å². The Bertz CT molecular complexity index is 841. The van der Waals surface area contributed by atoms with E-state index in [2.05, 4.69) is 60.8 Å². The van der Waals surface area contributed by atoms with Crippen LogP contribution >= 0.6 is 12.4 Å². The monoisotopic (exact) mass is 339 g/mol. The highest BCUT2D eigenvalue weighted by molar-refractivity contribution is 5.93. The zero-order valence-corrected chi connectivity index (χ0v) is 14.6.